The topological polar surface area (TPSA) is 62.9 Å². The summed E-state index contributed by atoms with van der Waals surface area (Å²) >= 11 is 0. The Hall–Kier alpha value is -1.80. The maximum atomic E-state index is 5.95. The molecule has 0 saturated carbocycles. The van der Waals surface area contributed by atoms with E-state index in [2.05, 4.69) is 22.1 Å². The van der Waals surface area contributed by atoms with Crippen LogP contribution in [0.4, 0.5) is 5.69 Å². The first-order valence-electron chi connectivity index (χ1n) is 8.03. The lowest BCUT2D eigenvalue weighted by Crippen LogP contribution is -2.22. The summed E-state index contributed by atoms with van der Waals surface area (Å²) in [4.78, 5) is 6.47. The van der Waals surface area contributed by atoms with Crippen molar-refractivity contribution in [2.24, 2.45) is 10.7 Å². The lowest BCUT2D eigenvalue weighted by Gasteiger charge is -2.11. The highest BCUT2D eigenvalue weighted by Crippen LogP contribution is 2.14. The summed E-state index contributed by atoms with van der Waals surface area (Å²) in [5, 5.41) is 3.09. The number of aliphatic imine (C=N–C) groups is 1. The van der Waals surface area contributed by atoms with E-state index in [9.17, 15) is 0 Å². The molecule has 0 saturated heterocycles. The molecule has 0 spiro atoms. The van der Waals surface area contributed by atoms with Gasteiger partial charge in [-0.1, -0.05) is 29.8 Å². The van der Waals surface area contributed by atoms with Crippen LogP contribution in [0, 0.1) is 6.92 Å². The van der Waals surface area contributed by atoms with Crippen LogP contribution in [0.1, 0.15) is 11.1 Å². The van der Waals surface area contributed by atoms with Gasteiger partial charge in [-0.05, 0) is 50.8 Å². The second-order valence-corrected chi connectivity index (χ2v) is 5.99. The van der Waals surface area contributed by atoms with Gasteiger partial charge in [-0.2, -0.15) is 0 Å². The van der Waals surface area contributed by atoms with Crippen LogP contribution in [0.15, 0.2) is 53.5 Å². The molecule has 0 radical (unpaired) electrons. The average molecular weight is 454 g/mol. The van der Waals surface area contributed by atoms with Crippen LogP contribution in [-0.4, -0.2) is 38.1 Å². The lowest BCUT2D eigenvalue weighted by molar-refractivity contribution is 0.261. The van der Waals surface area contributed by atoms with Crippen molar-refractivity contribution in [3.63, 3.8) is 0 Å². The molecule has 0 aliphatic heterocycles. The van der Waals surface area contributed by atoms with Crippen LogP contribution in [0.5, 0.6) is 5.75 Å². The second-order valence-electron chi connectivity index (χ2n) is 5.99. The van der Waals surface area contributed by atoms with Gasteiger partial charge in [0.05, 0.1) is 6.54 Å². The smallest absolute Gasteiger partial charge is 0.193 e. The van der Waals surface area contributed by atoms with E-state index >= 15 is 0 Å². The summed E-state index contributed by atoms with van der Waals surface area (Å²) in [6, 6.07) is 16.0. The summed E-state index contributed by atoms with van der Waals surface area (Å²) in [5.74, 6) is 1.26. The van der Waals surface area contributed by atoms with Gasteiger partial charge in [-0.25, -0.2) is 4.99 Å². The molecule has 5 nitrogen and oxygen atoms in total. The average Bonchev–Trinajstić information content (AvgIpc) is 2.55. The Kier molecular flexibility index (Phi) is 9.30. The normalized spacial score (nSPS) is 11.1. The largest absolute Gasteiger partial charge is 0.492 e. The highest BCUT2D eigenvalue weighted by molar-refractivity contribution is 14.0. The maximum absolute atomic E-state index is 5.95. The van der Waals surface area contributed by atoms with Gasteiger partial charge in [0.1, 0.15) is 12.4 Å². The number of nitrogens with one attached hydrogen (secondary N) is 1. The third-order valence-electron chi connectivity index (χ3n) is 3.46. The quantitative estimate of drug-likeness (QED) is 0.382. The summed E-state index contributed by atoms with van der Waals surface area (Å²) in [6.07, 6.45) is 0. The molecule has 0 aliphatic carbocycles. The molecule has 0 heterocycles. The number of hydrogen-bond acceptors (Lipinski definition) is 3. The van der Waals surface area contributed by atoms with Gasteiger partial charge in [-0.15, -0.1) is 24.0 Å². The molecular formula is C19H27IN4O. The zero-order valence-electron chi connectivity index (χ0n) is 15.0. The van der Waals surface area contributed by atoms with Gasteiger partial charge in [0.2, 0.25) is 0 Å². The Morgan fingerprint density at radius 3 is 2.56 bits per heavy atom. The van der Waals surface area contributed by atoms with E-state index in [1.165, 1.54) is 5.56 Å². The van der Waals surface area contributed by atoms with Crippen molar-refractivity contribution in [1.29, 1.82) is 0 Å². The van der Waals surface area contributed by atoms with Crippen molar-refractivity contribution < 1.29 is 4.74 Å². The number of anilines is 1. The first-order valence-corrected chi connectivity index (χ1v) is 8.03. The Morgan fingerprint density at radius 1 is 1.16 bits per heavy atom. The number of aryl methyl sites for hydroxylation is 1. The fourth-order valence-corrected chi connectivity index (χ4v) is 2.08. The zero-order chi connectivity index (χ0) is 17.4. The first kappa shape index (κ1) is 21.2. The van der Waals surface area contributed by atoms with E-state index < -0.39 is 0 Å². The minimum atomic E-state index is 0. The van der Waals surface area contributed by atoms with E-state index in [0.29, 0.717) is 19.1 Å². The molecule has 6 heteroatoms. The maximum Gasteiger partial charge on any atom is 0.193 e. The number of nitrogens with two attached hydrogens (primary N) is 1. The van der Waals surface area contributed by atoms with Gasteiger partial charge in [0.15, 0.2) is 5.96 Å². The number of guanidine groups is 1. The third-order valence-corrected chi connectivity index (χ3v) is 3.46. The molecule has 0 unspecified atom stereocenters. The van der Waals surface area contributed by atoms with Crippen molar-refractivity contribution in [1.82, 2.24) is 4.90 Å². The van der Waals surface area contributed by atoms with E-state index in [1.807, 2.05) is 62.6 Å². The van der Waals surface area contributed by atoms with E-state index in [0.717, 1.165) is 23.5 Å². The molecule has 2 rings (SSSR count). The number of ether oxygens (including phenoxy) is 1. The molecule has 0 aliphatic rings. The first-order chi connectivity index (χ1) is 11.5. The third kappa shape index (κ3) is 8.22. The molecule has 2 aromatic rings. The van der Waals surface area contributed by atoms with E-state index in [-0.39, 0.29) is 24.0 Å². The summed E-state index contributed by atoms with van der Waals surface area (Å²) < 4.78 is 5.73. The van der Waals surface area contributed by atoms with Crippen LogP contribution in [0.25, 0.3) is 0 Å². The fourth-order valence-electron chi connectivity index (χ4n) is 2.08. The molecule has 0 amide bonds. The molecule has 136 valence electrons. The number of hydrogen-bond donors (Lipinski definition) is 2. The number of nitrogens with zero attached hydrogens (tertiary/aromatic N) is 2. The monoisotopic (exact) mass is 454 g/mol. The predicted molar refractivity (Wildman–Crippen MR) is 116 cm³/mol. The fraction of sp³-hybridized carbons (Fsp3) is 0.316. The van der Waals surface area contributed by atoms with Gasteiger partial charge in [0, 0.05) is 12.2 Å². The Bertz CT molecular complexity index is 671. The molecule has 0 bridgehead atoms. The van der Waals surface area contributed by atoms with Gasteiger partial charge in [0.25, 0.3) is 0 Å². The van der Waals surface area contributed by atoms with Gasteiger partial charge < -0.3 is 20.7 Å². The predicted octanol–water partition coefficient (Wildman–Crippen LogP) is 3.48. The minimum Gasteiger partial charge on any atom is -0.492 e. The van der Waals surface area contributed by atoms with Crippen molar-refractivity contribution in [3.8, 4) is 5.75 Å². The second kappa shape index (κ2) is 10.9. The lowest BCUT2D eigenvalue weighted by atomic mass is 10.2. The number of halogens is 1. The molecule has 2 aromatic carbocycles. The van der Waals surface area contributed by atoms with Crippen LogP contribution in [-0.2, 0) is 6.54 Å². The Morgan fingerprint density at radius 2 is 1.88 bits per heavy atom. The molecule has 3 N–H and O–H groups in total. The minimum absolute atomic E-state index is 0. The molecule has 0 fully saturated rings. The van der Waals surface area contributed by atoms with Crippen molar-refractivity contribution in [2.45, 2.75) is 13.5 Å². The number of benzene rings is 2. The SMILES string of the molecule is Cc1ccc(NC(N)=NCc2cccc(OCCN(C)C)c2)cc1.I. The molecular weight excluding hydrogens is 427 g/mol. The van der Waals surface area contributed by atoms with Crippen LogP contribution in [0.2, 0.25) is 0 Å². The summed E-state index contributed by atoms with van der Waals surface area (Å²) in [5.41, 5.74) is 9.15. The molecule has 0 aromatic heterocycles. The number of rotatable bonds is 7. The van der Waals surface area contributed by atoms with E-state index in [1.54, 1.807) is 0 Å². The van der Waals surface area contributed by atoms with Gasteiger partial charge in [-0.3, -0.25) is 0 Å². The highest BCUT2D eigenvalue weighted by Gasteiger charge is 1.99. The van der Waals surface area contributed by atoms with Crippen LogP contribution in [0.3, 0.4) is 0 Å². The van der Waals surface area contributed by atoms with Crippen LogP contribution < -0.4 is 15.8 Å². The van der Waals surface area contributed by atoms with Crippen molar-refractivity contribution in [3.05, 3.63) is 59.7 Å². The van der Waals surface area contributed by atoms with Crippen LogP contribution >= 0.6 is 24.0 Å². The summed E-state index contributed by atoms with van der Waals surface area (Å²) in [7, 11) is 4.05. The Balaban J connectivity index is 0.00000312. The van der Waals surface area contributed by atoms with Crippen molar-refractivity contribution in [2.75, 3.05) is 32.6 Å². The molecule has 25 heavy (non-hydrogen) atoms. The zero-order valence-corrected chi connectivity index (χ0v) is 17.4. The molecule has 0 atom stereocenters. The summed E-state index contributed by atoms with van der Waals surface area (Å²) in [6.45, 7) is 4.11. The highest BCUT2D eigenvalue weighted by atomic mass is 127. The van der Waals surface area contributed by atoms with E-state index in [4.69, 9.17) is 10.5 Å². The van der Waals surface area contributed by atoms with Gasteiger partial charge >= 0.3 is 0 Å². The standard InChI is InChI=1S/C19H26N4O.HI/c1-15-7-9-17(10-8-15)22-19(20)21-14-16-5-4-6-18(13-16)24-12-11-23(2)3;/h4-10,13H,11-12,14H2,1-3H3,(H3,20,21,22);1H. The number of likely N-dealkylation sites (N-methyl/N-ethyl adjacent to an activating group) is 1. The Labute approximate surface area is 167 Å². The van der Waals surface area contributed by atoms with Crippen molar-refractivity contribution >= 4 is 35.6 Å².